The lowest BCUT2D eigenvalue weighted by atomic mass is 10.0. The van der Waals surface area contributed by atoms with Gasteiger partial charge in [-0.15, -0.1) is 0 Å². The first-order chi connectivity index (χ1) is 14.6. The number of ether oxygens (including phenoxy) is 4. The average molecular weight is 413 g/mol. The second-order valence-electron chi connectivity index (χ2n) is 7.05. The number of Topliss-reactive ketones (excluding diaryl/α,β-unsaturated/α-hetero) is 1. The molecule has 0 atom stereocenters. The van der Waals surface area contributed by atoms with Crippen molar-refractivity contribution in [3.63, 3.8) is 0 Å². The number of benzene rings is 2. The maximum absolute atomic E-state index is 12.9. The minimum absolute atomic E-state index is 0.142. The molecule has 1 aliphatic heterocycles. The zero-order valence-electron chi connectivity index (χ0n) is 17.5. The molecule has 7 heteroatoms. The molecule has 0 radical (unpaired) electrons. The SMILES string of the molecule is COCC[NH+](CCOC)Cc1c([O-])ccc2c1OC(=Cc1cccc(OC)c1)C2=O. The Morgan fingerprint density at radius 1 is 1.07 bits per heavy atom. The highest BCUT2D eigenvalue weighted by atomic mass is 16.5. The zero-order valence-corrected chi connectivity index (χ0v) is 17.5. The van der Waals surface area contributed by atoms with Gasteiger partial charge in [0.15, 0.2) is 5.76 Å². The normalized spacial score (nSPS) is 14.3. The monoisotopic (exact) mass is 413 g/mol. The molecule has 1 N–H and O–H groups in total. The molecule has 30 heavy (non-hydrogen) atoms. The summed E-state index contributed by atoms with van der Waals surface area (Å²) < 4.78 is 21.5. The van der Waals surface area contributed by atoms with Crippen molar-refractivity contribution in [2.45, 2.75) is 6.54 Å². The number of rotatable bonds is 10. The molecule has 1 heterocycles. The molecular formula is C23H27NO6. The standard InChI is InChI=1S/C23H27NO6/c1-27-11-9-24(10-12-28-2)15-19-20(25)8-7-18-22(26)21(30-23(18)19)14-16-5-4-6-17(13-16)29-3/h4-8,13-14,25H,9-12,15H2,1-3H3. The van der Waals surface area contributed by atoms with Crippen LogP contribution in [-0.2, 0) is 16.0 Å². The number of nitrogens with one attached hydrogen (secondary N) is 1. The van der Waals surface area contributed by atoms with Crippen LogP contribution in [0.4, 0.5) is 0 Å². The lowest BCUT2D eigenvalue weighted by Crippen LogP contribution is -3.11. The summed E-state index contributed by atoms with van der Waals surface area (Å²) >= 11 is 0. The molecule has 7 nitrogen and oxygen atoms in total. The molecule has 0 aliphatic carbocycles. The Morgan fingerprint density at radius 2 is 1.80 bits per heavy atom. The summed E-state index contributed by atoms with van der Waals surface area (Å²) in [6.07, 6.45) is 1.67. The topological polar surface area (TPSA) is 81.5 Å². The molecule has 1 aliphatic rings. The number of hydrogen-bond acceptors (Lipinski definition) is 6. The quantitative estimate of drug-likeness (QED) is 0.587. The van der Waals surface area contributed by atoms with Crippen molar-refractivity contribution in [1.82, 2.24) is 0 Å². The molecular weight excluding hydrogens is 386 g/mol. The summed E-state index contributed by atoms with van der Waals surface area (Å²) in [5.41, 5.74) is 1.69. The van der Waals surface area contributed by atoms with Gasteiger partial charge >= 0.3 is 0 Å². The number of carbonyl (C=O) groups is 1. The van der Waals surface area contributed by atoms with Gasteiger partial charge in [0.1, 0.15) is 31.1 Å². The van der Waals surface area contributed by atoms with E-state index in [1.165, 1.54) is 6.07 Å². The molecule has 0 aromatic heterocycles. The maximum Gasteiger partial charge on any atom is 0.231 e. The van der Waals surface area contributed by atoms with E-state index in [0.29, 0.717) is 55.5 Å². The zero-order chi connectivity index (χ0) is 21.5. The fraction of sp³-hybridized carbons (Fsp3) is 0.348. The van der Waals surface area contributed by atoms with E-state index in [-0.39, 0.29) is 17.3 Å². The Labute approximate surface area is 176 Å². The predicted molar refractivity (Wildman–Crippen MR) is 110 cm³/mol. The van der Waals surface area contributed by atoms with Crippen molar-refractivity contribution in [1.29, 1.82) is 0 Å². The number of carbonyl (C=O) groups excluding carboxylic acids is 1. The predicted octanol–water partition coefficient (Wildman–Crippen LogP) is 1.06. The van der Waals surface area contributed by atoms with E-state index in [0.717, 1.165) is 10.5 Å². The van der Waals surface area contributed by atoms with Crippen molar-refractivity contribution >= 4 is 11.9 Å². The Morgan fingerprint density at radius 3 is 2.47 bits per heavy atom. The van der Waals surface area contributed by atoms with Crippen LogP contribution >= 0.6 is 0 Å². The summed E-state index contributed by atoms with van der Waals surface area (Å²) in [4.78, 5) is 14.0. The van der Waals surface area contributed by atoms with Crippen LogP contribution in [0.15, 0.2) is 42.2 Å². The summed E-state index contributed by atoms with van der Waals surface area (Å²) in [7, 11) is 4.87. The lowest BCUT2D eigenvalue weighted by Gasteiger charge is -2.23. The molecule has 0 fully saturated rings. The largest absolute Gasteiger partial charge is 0.872 e. The van der Waals surface area contributed by atoms with E-state index in [1.807, 2.05) is 24.3 Å². The highest BCUT2D eigenvalue weighted by Gasteiger charge is 2.31. The highest BCUT2D eigenvalue weighted by molar-refractivity contribution is 6.14. The molecule has 0 bridgehead atoms. The van der Waals surface area contributed by atoms with E-state index in [4.69, 9.17) is 18.9 Å². The summed E-state index contributed by atoms with van der Waals surface area (Å²) in [6, 6.07) is 10.3. The van der Waals surface area contributed by atoms with Crippen LogP contribution in [0.25, 0.3) is 6.08 Å². The number of quaternary nitrogens is 1. The Balaban J connectivity index is 1.89. The molecule has 0 spiro atoms. The molecule has 160 valence electrons. The fourth-order valence-corrected chi connectivity index (χ4v) is 3.38. The van der Waals surface area contributed by atoms with Crippen LogP contribution in [-0.4, -0.2) is 53.4 Å². The smallest absolute Gasteiger partial charge is 0.231 e. The van der Waals surface area contributed by atoms with Crippen molar-refractivity contribution in [2.24, 2.45) is 0 Å². The van der Waals surface area contributed by atoms with Gasteiger partial charge in [0.05, 0.1) is 25.9 Å². The van der Waals surface area contributed by atoms with E-state index in [2.05, 4.69) is 0 Å². The van der Waals surface area contributed by atoms with Gasteiger partial charge < -0.3 is 29.0 Å². The van der Waals surface area contributed by atoms with Gasteiger partial charge in [0.2, 0.25) is 5.78 Å². The summed E-state index contributed by atoms with van der Waals surface area (Å²) in [5, 5.41) is 12.6. The van der Waals surface area contributed by atoms with E-state index in [1.54, 1.807) is 33.5 Å². The Bertz CT molecular complexity index is 916. The third kappa shape index (κ3) is 4.99. The number of ketones is 1. The van der Waals surface area contributed by atoms with Gasteiger partial charge in [0.25, 0.3) is 0 Å². The number of methoxy groups -OCH3 is 3. The van der Waals surface area contributed by atoms with Crippen molar-refractivity contribution in [2.75, 3.05) is 47.6 Å². The first kappa shape index (κ1) is 21.8. The number of allylic oxidation sites excluding steroid dienone is 1. The number of hydrogen-bond donors (Lipinski definition) is 1. The van der Waals surface area contributed by atoms with Gasteiger partial charge in [-0.1, -0.05) is 23.9 Å². The molecule has 2 aromatic rings. The molecule has 0 saturated heterocycles. The van der Waals surface area contributed by atoms with Crippen LogP contribution in [0.1, 0.15) is 21.5 Å². The van der Waals surface area contributed by atoms with E-state index < -0.39 is 0 Å². The number of fused-ring (bicyclic) bond motifs is 1. The molecule has 0 amide bonds. The summed E-state index contributed by atoms with van der Waals surface area (Å²) in [6.45, 7) is 2.97. The minimum atomic E-state index is -0.232. The molecule has 0 unspecified atom stereocenters. The van der Waals surface area contributed by atoms with E-state index in [9.17, 15) is 9.90 Å². The van der Waals surface area contributed by atoms with Crippen LogP contribution in [0.2, 0.25) is 0 Å². The third-order valence-electron chi connectivity index (χ3n) is 5.04. The van der Waals surface area contributed by atoms with Gasteiger partial charge in [-0.3, -0.25) is 4.79 Å². The van der Waals surface area contributed by atoms with E-state index >= 15 is 0 Å². The van der Waals surface area contributed by atoms with Crippen LogP contribution in [0.5, 0.6) is 17.2 Å². The van der Waals surface area contributed by atoms with Crippen molar-refractivity contribution in [3.05, 3.63) is 58.8 Å². The second-order valence-corrected chi connectivity index (χ2v) is 7.05. The lowest BCUT2D eigenvalue weighted by molar-refractivity contribution is -0.914. The fourth-order valence-electron chi connectivity index (χ4n) is 3.38. The first-order valence-corrected chi connectivity index (χ1v) is 9.80. The van der Waals surface area contributed by atoms with Gasteiger partial charge in [-0.2, -0.15) is 0 Å². The second kappa shape index (κ2) is 10.2. The Hall–Kier alpha value is -2.87. The highest BCUT2D eigenvalue weighted by Crippen LogP contribution is 2.38. The van der Waals surface area contributed by atoms with Gasteiger partial charge in [-0.25, -0.2) is 0 Å². The average Bonchev–Trinajstić information content (AvgIpc) is 3.07. The molecule has 3 rings (SSSR count). The van der Waals surface area contributed by atoms with Crippen LogP contribution in [0.3, 0.4) is 0 Å². The summed E-state index contributed by atoms with van der Waals surface area (Å²) in [5.74, 6) is 0.862. The first-order valence-electron chi connectivity index (χ1n) is 9.80. The van der Waals surface area contributed by atoms with Crippen LogP contribution < -0.4 is 19.5 Å². The molecule has 0 saturated carbocycles. The maximum atomic E-state index is 12.9. The molecule has 2 aromatic carbocycles. The van der Waals surface area contributed by atoms with Crippen LogP contribution in [0, 0.1) is 0 Å². The third-order valence-corrected chi connectivity index (χ3v) is 5.04. The van der Waals surface area contributed by atoms with Gasteiger partial charge in [-0.05, 0) is 29.8 Å². The van der Waals surface area contributed by atoms with Crippen molar-refractivity contribution < 1.29 is 33.7 Å². The van der Waals surface area contributed by atoms with Gasteiger partial charge in [0, 0.05) is 19.8 Å². The Kier molecular flexibility index (Phi) is 7.46. The minimum Gasteiger partial charge on any atom is -0.872 e. The van der Waals surface area contributed by atoms with Crippen molar-refractivity contribution in [3.8, 4) is 17.2 Å².